The molecule has 2 heteroatoms. The van der Waals surface area contributed by atoms with Gasteiger partial charge in [-0.3, -0.25) is 0 Å². The molecule has 0 unspecified atom stereocenters. The van der Waals surface area contributed by atoms with Gasteiger partial charge >= 0.3 is 0 Å². The predicted molar refractivity (Wildman–Crippen MR) is 60.6 cm³/mol. The van der Waals surface area contributed by atoms with Crippen LogP contribution in [-0.4, -0.2) is 19.8 Å². The molecule has 0 amide bonds. The van der Waals surface area contributed by atoms with Crippen LogP contribution in [0.3, 0.4) is 0 Å². The fourth-order valence-corrected chi connectivity index (χ4v) is 1.14. The Kier molecular flexibility index (Phi) is 5.08. The summed E-state index contributed by atoms with van der Waals surface area (Å²) >= 11 is 0. The largest absolute Gasteiger partial charge is 0.383 e. The molecule has 1 aromatic carbocycles. The third-order valence-electron chi connectivity index (χ3n) is 1.80. The zero-order valence-electron chi connectivity index (χ0n) is 8.99. The summed E-state index contributed by atoms with van der Waals surface area (Å²) in [4.78, 5) is 0. The zero-order valence-corrected chi connectivity index (χ0v) is 8.99. The van der Waals surface area contributed by atoms with E-state index < -0.39 is 0 Å². The average molecular weight is 193 g/mol. The highest BCUT2D eigenvalue weighted by atomic mass is 16.5. The van der Waals surface area contributed by atoms with Gasteiger partial charge in [0.05, 0.1) is 6.61 Å². The highest BCUT2D eigenvalue weighted by Gasteiger charge is 1.93. The van der Waals surface area contributed by atoms with Crippen molar-refractivity contribution in [3.05, 3.63) is 30.3 Å². The maximum Gasteiger partial charge on any atom is 0.0639 e. The van der Waals surface area contributed by atoms with Gasteiger partial charge in [-0.1, -0.05) is 32.0 Å². The number of hydrogen-bond donors (Lipinski definition) is 1. The van der Waals surface area contributed by atoms with E-state index in [0.29, 0.717) is 5.92 Å². The van der Waals surface area contributed by atoms with Crippen LogP contribution in [0.4, 0.5) is 5.69 Å². The van der Waals surface area contributed by atoms with E-state index in [1.165, 1.54) is 0 Å². The second-order valence-electron chi connectivity index (χ2n) is 3.76. The lowest BCUT2D eigenvalue weighted by Crippen LogP contribution is -2.11. The third kappa shape index (κ3) is 4.87. The summed E-state index contributed by atoms with van der Waals surface area (Å²) in [6, 6.07) is 10.2. The number of hydrogen-bond acceptors (Lipinski definition) is 2. The molecule has 0 fully saturated rings. The van der Waals surface area contributed by atoms with Crippen molar-refractivity contribution in [1.82, 2.24) is 0 Å². The highest BCUT2D eigenvalue weighted by molar-refractivity contribution is 5.42. The molecule has 1 rings (SSSR count). The molecular weight excluding hydrogens is 174 g/mol. The topological polar surface area (TPSA) is 21.3 Å². The Morgan fingerprint density at radius 3 is 2.57 bits per heavy atom. The number of anilines is 1. The second kappa shape index (κ2) is 6.44. The fourth-order valence-electron chi connectivity index (χ4n) is 1.14. The minimum absolute atomic E-state index is 0.617. The molecule has 78 valence electrons. The maximum absolute atomic E-state index is 5.45. The van der Waals surface area contributed by atoms with E-state index in [1.807, 2.05) is 18.2 Å². The number of benzene rings is 1. The molecule has 2 nitrogen and oxygen atoms in total. The Morgan fingerprint density at radius 1 is 1.21 bits per heavy atom. The van der Waals surface area contributed by atoms with Gasteiger partial charge in [0.2, 0.25) is 0 Å². The van der Waals surface area contributed by atoms with Crippen molar-refractivity contribution in [1.29, 1.82) is 0 Å². The first-order valence-electron chi connectivity index (χ1n) is 5.15. The Hall–Kier alpha value is -1.02. The average Bonchev–Trinajstić information content (AvgIpc) is 2.18. The first-order valence-corrected chi connectivity index (χ1v) is 5.15. The first kappa shape index (κ1) is 11.1. The van der Waals surface area contributed by atoms with Crippen molar-refractivity contribution >= 4 is 5.69 Å². The maximum atomic E-state index is 5.45. The van der Waals surface area contributed by atoms with Gasteiger partial charge in [0, 0.05) is 18.8 Å². The normalized spacial score (nSPS) is 10.5. The molecule has 0 bridgehead atoms. The van der Waals surface area contributed by atoms with Gasteiger partial charge in [0.1, 0.15) is 0 Å². The summed E-state index contributed by atoms with van der Waals surface area (Å²) in [7, 11) is 0. The van der Waals surface area contributed by atoms with E-state index in [1.54, 1.807) is 0 Å². The van der Waals surface area contributed by atoms with Crippen molar-refractivity contribution in [3.8, 4) is 0 Å². The number of ether oxygens (including phenoxy) is 1. The van der Waals surface area contributed by atoms with Crippen molar-refractivity contribution in [2.45, 2.75) is 13.8 Å². The van der Waals surface area contributed by atoms with Crippen LogP contribution < -0.4 is 5.32 Å². The molecule has 14 heavy (non-hydrogen) atoms. The summed E-state index contributed by atoms with van der Waals surface area (Å²) < 4.78 is 5.45. The van der Waals surface area contributed by atoms with Gasteiger partial charge in [-0.05, 0) is 18.1 Å². The summed E-state index contributed by atoms with van der Waals surface area (Å²) in [5.41, 5.74) is 1.15. The SMILES string of the molecule is CC(C)COCCNc1ccccc1. The molecular formula is C12H19NO. The lowest BCUT2D eigenvalue weighted by molar-refractivity contribution is 0.118. The van der Waals surface area contributed by atoms with E-state index in [2.05, 4.69) is 31.3 Å². The first-order chi connectivity index (χ1) is 6.79. The van der Waals surface area contributed by atoms with Crippen LogP contribution in [0.2, 0.25) is 0 Å². The van der Waals surface area contributed by atoms with Crippen molar-refractivity contribution in [2.24, 2.45) is 5.92 Å². The lowest BCUT2D eigenvalue weighted by Gasteiger charge is -2.08. The van der Waals surface area contributed by atoms with Gasteiger partial charge in [0.15, 0.2) is 0 Å². The number of nitrogens with one attached hydrogen (secondary N) is 1. The van der Waals surface area contributed by atoms with Crippen molar-refractivity contribution in [2.75, 3.05) is 25.1 Å². The van der Waals surface area contributed by atoms with Crippen LogP contribution in [0.15, 0.2) is 30.3 Å². The molecule has 0 aliphatic heterocycles. The minimum Gasteiger partial charge on any atom is -0.383 e. The van der Waals surface area contributed by atoms with Crippen molar-refractivity contribution < 1.29 is 4.74 Å². The van der Waals surface area contributed by atoms with E-state index >= 15 is 0 Å². The van der Waals surface area contributed by atoms with E-state index in [-0.39, 0.29) is 0 Å². The lowest BCUT2D eigenvalue weighted by atomic mass is 10.2. The monoisotopic (exact) mass is 193 g/mol. The molecule has 0 aliphatic carbocycles. The fraction of sp³-hybridized carbons (Fsp3) is 0.500. The van der Waals surface area contributed by atoms with Gasteiger partial charge in [-0.25, -0.2) is 0 Å². The Balaban J connectivity index is 2.05. The Labute approximate surface area is 86.3 Å². The molecule has 0 heterocycles. The Morgan fingerprint density at radius 2 is 1.93 bits per heavy atom. The van der Waals surface area contributed by atoms with E-state index in [9.17, 15) is 0 Å². The van der Waals surface area contributed by atoms with Crippen molar-refractivity contribution in [3.63, 3.8) is 0 Å². The molecule has 0 aliphatic rings. The summed E-state index contributed by atoms with van der Waals surface area (Å²) in [5.74, 6) is 0.617. The molecule has 1 N–H and O–H groups in total. The van der Waals surface area contributed by atoms with Gasteiger partial charge in [0.25, 0.3) is 0 Å². The van der Waals surface area contributed by atoms with Gasteiger partial charge < -0.3 is 10.1 Å². The van der Waals surface area contributed by atoms with Crippen LogP contribution in [0, 0.1) is 5.92 Å². The molecule has 1 aromatic rings. The second-order valence-corrected chi connectivity index (χ2v) is 3.76. The molecule has 0 aromatic heterocycles. The quantitative estimate of drug-likeness (QED) is 0.701. The van der Waals surface area contributed by atoms with Crippen LogP contribution >= 0.6 is 0 Å². The molecule has 0 radical (unpaired) electrons. The molecule has 0 atom stereocenters. The highest BCUT2D eigenvalue weighted by Crippen LogP contribution is 2.03. The number of para-hydroxylation sites is 1. The zero-order chi connectivity index (χ0) is 10.2. The molecule has 0 saturated carbocycles. The predicted octanol–water partition coefficient (Wildman–Crippen LogP) is 2.77. The van der Waals surface area contributed by atoms with E-state index in [0.717, 1.165) is 25.4 Å². The third-order valence-corrected chi connectivity index (χ3v) is 1.80. The van der Waals surface area contributed by atoms with Gasteiger partial charge in [-0.2, -0.15) is 0 Å². The molecule has 0 saturated heterocycles. The van der Waals surface area contributed by atoms with Crippen LogP contribution in [0.25, 0.3) is 0 Å². The van der Waals surface area contributed by atoms with E-state index in [4.69, 9.17) is 4.74 Å². The minimum atomic E-state index is 0.617. The molecule has 0 spiro atoms. The van der Waals surface area contributed by atoms with Crippen LogP contribution in [-0.2, 0) is 4.74 Å². The Bertz CT molecular complexity index is 233. The smallest absolute Gasteiger partial charge is 0.0639 e. The van der Waals surface area contributed by atoms with Crippen LogP contribution in [0.5, 0.6) is 0 Å². The summed E-state index contributed by atoms with van der Waals surface area (Å²) in [6.07, 6.45) is 0. The summed E-state index contributed by atoms with van der Waals surface area (Å²) in [6.45, 7) is 6.80. The summed E-state index contributed by atoms with van der Waals surface area (Å²) in [5, 5.41) is 3.29. The van der Waals surface area contributed by atoms with Gasteiger partial charge in [-0.15, -0.1) is 0 Å². The number of rotatable bonds is 6. The van der Waals surface area contributed by atoms with Crippen LogP contribution in [0.1, 0.15) is 13.8 Å². The standard InChI is InChI=1S/C12H19NO/c1-11(2)10-14-9-8-13-12-6-4-3-5-7-12/h3-7,11,13H,8-10H2,1-2H3.